The maximum atomic E-state index is 12.7. The van der Waals surface area contributed by atoms with Crippen molar-refractivity contribution in [2.45, 2.75) is 11.8 Å². The Balaban J connectivity index is 1.60. The first-order chi connectivity index (χ1) is 16.2. The summed E-state index contributed by atoms with van der Waals surface area (Å²) in [6, 6.07) is 18.9. The largest absolute Gasteiger partial charge is 0.493 e. The number of rotatable bonds is 6. The molecule has 10 heteroatoms. The van der Waals surface area contributed by atoms with E-state index >= 15 is 0 Å². The van der Waals surface area contributed by atoms with Crippen LogP contribution < -0.4 is 14.2 Å². The van der Waals surface area contributed by atoms with Crippen molar-refractivity contribution in [1.82, 2.24) is 5.32 Å². The summed E-state index contributed by atoms with van der Waals surface area (Å²) in [5.74, 6) is 0.0475. The highest BCUT2D eigenvalue weighted by Gasteiger charge is 2.25. The van der Waals surface area contributed by atoms with Crippen LogP contribution in [0.2, 0.25) is 0 Å². The van der Waals surface area contributed by atoms with E-state index in [9.17, 15) is 13.2 Å². The maximum Gasteiger partial charge on any atom is 0.339 e. The van der Waals surface area contributed by atoms with Gasteiger partial charge in [0.2, 0.25) is 0 Å². The lowest BCUT2D eigenvalue weighted by atomic mass is 10.2. The van der Waals surface area contributed by atoms with Crippen molar-refractivity contribution in [3.8, 4) is 11.5 Å². The molecule has 7 nitrogen and oxygen atoms in total. The van der Waals surface area contributed by atoms with Crippen LogP contribution in [0.15, 0.2) is 81.5 Å². The zero-order valence-electron chi connectivity index (χ0n) is 18.1. The second-order valence-corrected chi connectivity index (χ2v) is 10.9. The molecule has 0 saturated carbocycles. The third-order valence-corrected chi connectivity index (χ3v) is 7.64. The highest BCUT2D eigenvalue weighted by atomic mass is 127. The zero-order chi connectivity index (χ0) is 24.3. The minimum atomic E-state index is -4.04. The number of nitrogens with zero attached hydrogens (tertiary/aromatic N) is 1. The number of hydrogen-bond acceptors (Lipinski definition) is 7. The van der Waals surface area contributed by atoms with Gasteiger partial charge in [0.25, 0.3) is 5.91 Å². The van der Waals surface area contributed by atoms with Crippen molar-refractivity contribution in [3.05, 3.63) is 86.3 Å². The van der Waals surface area contributed by atoms with Crippen molar-refractivity contribution < 1.29 is 22.1 Å². The average Bonchev–Trinajstić information content (AvgIpc) is 3.15. The molecule has 1 fully saturated rings. The van der Waals surface area contributed by atoms with E-state index in [1.807, 2.05) is 53.8 Å². The van der Waals surface area contributed by atoms with Gasteiger partial charge in [0.1, 0.15) is 4.90 Å². The summed E-state index contributed by atoms with van der Waals surface area (Å²) in [6.07, 6.45) is 1.69. The van der Waals surface area contributed by atoms with E-state index in [0.717, 1.165) is 11.3 Å². The molecule has 3 aromatic carbocycles. The fourth-order valence-corrected chi connectivity index (χ4v) is 5.72. The van der Waals surface area contributed by atoms with Crippen molar-refractivity contribution in [2.24, 2.45) is 4.99 Å². The molecular weight excluding hydrogens is 587 g/mol. The van der Waals surface area contributed by atoms with E-state index < -0.39 is 10.1 Å². The van der Waals surface area contributed by atoms with Gasteiger partial charge in [-0.3, -0.25) is 4.79 Å². The van der Waals surface area contributed by atoms with E-state index in [-0.39, 0.29) is 22.3 Å². The van der Waals surface area contributed by atoms with Crippen molar-refractivity contribution in [1.29, 1.82) is 0 Å². The molecule has 1 heterocycles. The molecule has 0 unspecified atom stereocenters. The monoisotopic (exact) mass is 606 g/mol. The van der Waals surface area contributed by atoms with E-state index in [0.29, 0.717) is 19.2 Å². The second kappa shape index (κ2) is 10.2. The van der Waals surface area contributed by atoms with Crippen LogP contribution in [-0.4, -0.2) is 26.6 Å². The summed E-state index contributed by atoms with van der Waals surface area (Å²) in [7, 11) is -2.61. The number of ether oxygens (including phenoxy) is 1. The van der Waals surface area contributed by atoms with Gasteiger partial charge in [0.05, 0.1) is 21.3 Å². The Hall–Kier alpha value is -2.83. The topological polar surface area (TPSA) is 94.1 Å². The number of nitrogens with one attached hydrogen (secondary N) is 1. The molecule has 0 atom stereocenters. The van der Waals surface area contributed by atoms with Crippen LogP contribution in [0.3, 0.4) is 0 Å². The number of aliphatic imine (C=N–C) groups is 1. The van der Waals surface area contributed by atoms with E-state index in [1.54, 1.807) is 36.4 Å². The molecule has 0 aliphatic carbocycles. The lowest BCUT2D eigenvalue weighted by molar-refractivity contribution is -0.115. The normalized spacial score (nSPS) is 16.0. The van der Waals surface area contributed by atoms with Crippen LogP contribution in [0.4, 0.5) is 5.69 Å². The van der Waals surface area contributed by atoms with Crippen molar-refractivity contribution in [3.63, 3.8) is 0 Å². The molecule has 1 aliphatic rings. The van der Waals surface area contributed by atoms with Gasteiger partial charge in [0, 0.05) is 0 Å². The molecule has 174 valence electrons. The molecule has 1 N–H and O–H groups in total. The van der Waals surface area contributed by atoms with Gasteiger partial charge in [-0.15, -0.1) is 0 Å². The molecule has 0 bridgehead atoms. The number of carbonyl (C=O) groups excluding carboxylic acids is 1. The molecule has 0 spiro atoms. The Morgan fingerprint density at radius 2 is 1.76 bits per heavy atom. The SMILES string of the molecule is COc1cc(/C=C2\SC(=Nc3ccc(C)cc3)NC2=O)cc(I)c1OS(=O)(=O)c1ccccc1. The third-order valence-electron chi connectivity index (χ3n) is 4.69. The van der Waals surface area contributed by atoms with Gasteiger partial charge >= 0.3 is 10.1 Å². The van der Waals surface area contributed by atoms with Gasteiger partial charge in [-0.05, 0) is 89.3 Å². The van der Waals surface area contributed by atoms with Gasteiger partial charge < -0.3 is 14.2 Å². The summed E-state index contributed by atoms with van der Waals surface area (Å²) >= 11 is 3.20. The predicted molar refractivity (Wildman–Crippen MR) is 142 cm³/mol. The highest BCUT2D eigenvalue weighted by Crippen LogP contribution is 2.37. The number of halogens is 1. The summed E-state index contributed by atoms with van der Waals surface area (Å²) in [6.45, 7) is 1.99. The number of thioether (sulfide) groups is 1. The Morgan fingerprint density at radius 3 is 2.44 bits per heavy atom. The van der Waals surface area contributed by atoms with E-state index in [1.165, 1.54) is 31.0 Å². The molecule has 1 aliphatic heterocycles. The molecule has 4 rings (SSSR count). The van der Waals surface area contributed by atoms with Crippen LogP contribution in [0.1, 0.15) is 11.1 Å². The first-order valence-corrected chi connectivity index (χ1v) is 13.3. The lowest BCUT2D eigenvalue weighted by Crippen LogP contribution is -2.19. The maximum absolute atomic E-state index is 12.7. The van der Waals surface area contributed by atoms with Crippen molar-refractivity contribution >= 4 is 67.3 Å². The summed E-state index contributed by atoms with van der Waals surface area (Å²) < 4.78 is 36.6. The first kappa shape index (κ1) is 24.3. The van der Waals surface area contributed by atoms with Gasteiger partial charge in [-0.25, -0.2) is 4.99 Å². The van der Waals surface area contributed by atoms with Crippen molar-refractivity contribution in [2.75, 3.05) is 7.11 Å². The Kier molecular flexibility index (Phi) is 7.29. The number of hydrogen-bond donors (Lipinski definition) is 1. The number of aryl methyl sites for hydroxylation is 1. The van der Waals surface area contributed by atoms with Crippen LogP contribution >= 0.6 is 34.4 Å². The Labute approximate surface area is 215 Å². The fourth-order valence-electron chi connectivity index (χ4n) is 3.02. The Bertz CT molecular complexity index is 1400. The standard InChI is InChI=1S/C24H19IN2O5S2/c1-15-8-10-17(11-9-15)26-24-27-23(28)21(33-24)14-16-12-19(25)22(20(13-16)31-2)32-34(29,30)18-6-4-3-5-7-18/h3-14H,1-2H3,(H,26,27,28)/b21-14-. The summed E-state index contributed by atoms with van der Waals surface area (Å²) in [4.78, 5) is 17.4. The molecule has 34 heavy (non-hydrogen) atoms. The fraction of sp³-hybridized carbons (Fsp3) is 0.0833. The summed E-state index contributed by atoms with van der Waals surface area (Å²) in [5.41, 5.74) is 2.52. The van der Waals surface area contributed by atoms with Crippen LogP contribution in [-0.2, 0) is 14.9 Å². The van der Waals surface area contributed by atoms with Crippen LogP contribution in [0.25, 0.3) is 6.08 Å². The van der Waals surface area contributed by atoms with E-state index in [2.05, 4.69) is 10.3 Å². The lowest BCUT2D eigenvalue weighted by Gasteiger charge is -2.13. The quantitative estimate of drug-likeness (QED) is 0.234. The predicted octanol–water partition coefficient (Wildman–Crippen LogP) is 5.27. The molecular formula is C24H19IN2O5S2. The van der Waals surface area contributed by atoms with Crippen LogP contribution in [0.5, 0.6) is 11.5 Å². The minimum Gasteiger partial charge on any atom is -0.493 e. The third kappa shape index (κ3) is 5.62. The van der Waals surface area contributed by atoms with Gasteiger partial charge in [-0.2, -0.15) is 8.42 Å². The molecule has 1 saturated heterocycles. The van der Waals surface area contributed by atoms with Gasteiger partial charge in [0.15, 0.2) is 16.7 Å². The zero-order valence-corrected chi connectivity index (χ0v) is 21.9. The smallest absolute Gasteiger partial charge is 0.339 e. The molecule has 3 aromatic rings. The second-order valence-electron chi connectivity index (χ2n) is 7.20. The van der Waals surface area contributed by atoms with E-state index in [4.69, 9.17) is 8.92 Å². The first-order valence-electron chi connectivity index (χ1n) is 9.98. The highest BCUT2D eigenvalue weighted by molar-refractivity contribution is 14.1. The molecule has 0 aromatic heterocycles. The number of methoxy groups -OCH3 is 1. The number of amidine groups is 1. The Morgan fingerprint density at radius 1 is 1.06 bits per heavy atom. The average molecular weight is 606 g/mol. The number of carbonyl (C=O) groups is 1. The number of benzene rings is 3. The minimum absolute atomic E-state index is 0.0402. The van der Waals surface area contributed by atoms with Crippen LogP contribution in [0, 0.1) is 10.5 Å². The molecule has 0 radical (unpaired) electrons. The number of amides is 1. The van der Waals surface area contributed by atoms with Gasteiger partial charge in [-0.1, -0.05) is 35.9 Å². The molecule has 1 amide bonds. The summed E-state index contributed by atoms with van der Waals surface area (Å²) in [5, 5.41) is 3.24.